The van der Waals surface area contributed by atoms with Crippen molar-refractivity contribution >= 4 is 5.65 Å². The maximum absolute atomic E-state index is 9.93. The summed E-state index contributed by atoms with van der Waals surface area (Å²) in [7, 11) is 1.95. The summed E-state index contributed by atoms with van der Waals surface area (Å²) in [5.74, 6) is 0.966. The van der Waals surface area contributed by atoms with Crippen LogP contribution in [0.5, 0.6) is 0 Å². The van der Waals surface area contributed by atoms with Crippen molar-refractivity contribution in [1.82, 2.24) is 29.6 Å². The Morgan fingerprint density at radius 2 is 2.12 bits per heavy atom. The molecule has 4 rings (SSSR count). The first-order valence-electron chi connectivity index (χ1n) is 7.94. The number of aliphatic hydroxyl groups is 1. The molecule has 2 unspecified atom stereocenters. The molecule has 0 bridgehead atoms. The van der Waals surface area contributed by atoms with Crippen LogP contribution in [0.25, 0.3) is 17.0 Å². The molecule has 0 aliphatic carbocycles. The predicted molar refractivity (Wildman–Crippen MR) is 86.4 cm³/mol. The number of aromatic nitrogens is 5. The van der Waals surface area contributed by atoms with E-state index < -0.39 is 5.54 Å². The molecule has 3 aromatic heterocycles. The molecule has 24 heavy (non-hydrogen) atoms. The summed E-state index contributed by atoms with van der Waals surface area (Å²) in [6, 6.07) is 1.97. The van der Waals surface area contributed by atoms with Crippen molar-refractivity contribution in [3.63, 3.8) is 0 Å². The molecule has 3 aromatic rings. The zero-order valence-corrected chi connectivity index (χ0v) is 14.2. The van der Waals surface area contributed by atoms with Crippen LogP contribution in [-0.2, 0) is 5.54 Å². The number of aliphatic hydroxyl groups excluding tert-OH is 1. The van der Waals surface area contributed by atoms with E-state index in [1.54, 1.807) is 10.7 Å². The minimum Gasteiger partial charge on any atom is -0.392 e. The highest BCUT2D eigenvalue weighted by Gasteiger charge is 2.45. The normalized spacial score (nSPS) is 25.0. The van der Waals surface area contributed by atoms with Gasteiger partial charge in [0.2, 0.25) is 11.7 Å². The van der Waals surface area contributed by atoms with Crippen molar-refractivity contribution in [3.8, 4) is 11.4 Å². The van der Waals surface area contributed by atoms with Gasteiger partial charge < -0.3 is 9.63 Å². The van der Waals surface area contributed by atoms with Crippen molar-refractivity contribution in [2.45, 2.75) is 38.8 Å². The van der Waals surface area contributed by atoms with Gasteiger partial charge in [0.1, 0.15) is 5.54 Å². The second-order valence-electron chi connectivity index (χ2n) is 6.77. The molecule has 0 saturated carbocycles. The summed E-state index contributed by atoms with van der Waals surface area (Å²) in [6.45, 7) is 6.52. The molecule has 1 aliphatic rings. The molecule has 2 atom stereocenters. The van der Waals surface area contributed by atoms with Gasteiger partial charge >= 0.3 is 0 Å². The highest BCUT2D eigenvalue weighted by atomic mass is 16.5. The average molecular weight is 328 g/mol. The number of rotatable bonds is 2. The maximum Gasteiger partial charge on any atom is 0.247 e. The van der Waals surface area contributed by atoms with Gasteiger partial charge in [-0.05, 0) is 33.9 Å². The summed E-state index contributed by atoms with van der Waals surface area (Å²) >= 11 is 0. The molecule has 0 amide bonds. The molecule has 1 saturated heterocycles. The summed E-state index contributed by atoms with van der Waals surface area (Å²) in [6.07, 6.45) is 1.88. The standard InChI is InChI=1S/C16H20N6O2/c1-9-5-10(2)22-14(18-9)12(7-17-22)13-19-15(24-20-13)16(3)6-11(23)8-21(16)4/h5,7,11,23H,6,8H2,1-4H3. The van der Waals surface area contributed by atoms with Crippen LogP contribution < -0.4 is 0 Å². The van der Waals surface area contributed by atoms with E-state index in [-0.39, 0.29) is 6.10 Å². The van der Waals surface area contributed by atoms with E-state index in [2.05, 4.69) is 20.2 Å². The largest absolute Gasteiger partial charge is 0.392 e. The number of likely N-dealkylation sites (N-methyl/N-ethyl adjacent to an activating group) is 1. The van der Waals surface area contributed by atoms with Gasteiger partial charge in [0.05, 0.1) is 17.9 Å². The number of hydrogen-bond acceptors (Lipinski definition) is 7. The minimum atomic E-state index is -0.465. The lowest BCUT2D eigenvalue weighted by Gasteiger charge is -2.27. The second-order valence-corrected chi connectivity index (χ2v) is 6.77. The Balaban J connectivity index is 1.79. The van der Waals surface area contributed by atoms with Crippen molar-refractivity contribution < 1.29 is 9.63 Å². The van der Waals surface area contributed by atoms with E-state index in [9.17, 15) is 5.11 Å². The summed E-state index contributed by atoms with van der Waals surface area (Å²) in [4.78, 5) is 11.2. The van der Waals surface area contributed by atoms with Crippen LogP contribution in [0.1, 0.15) is 30.6 Å². The Kier molecular flexibility index (Phi) is 3.23. The third-order valence-corrected chi connectivity index (χ3v) is 4.87. The molecular weight excluding hydrogens is 308 g/mol. The number of likely N-dealkylation sites (tertiary alicyclic amines) is 1. The van der Waals surface area contributed by atoms with Crippen molar-refractivity contribution in [1.29, 1.82) is 0 Å². The Hall–Kier alpha value is -2.32. The van der Waals surface area contributed by atoms with Crippen LogP contribution in [0.3, 0.4) is 0 Å². The first-order chi connectivity index (χ1) is 11.4. The fourth-order valence-corrected chi connectivity index (χ4v) is 3.43. The molecule has 0 spiro atoms. The van der Waals surface area contributed by atoms with Gasteiger partial charge in [0, 0.05) is 24.4 Å². The lowest BCUT2D eigenvalue weighted by Crippen LogP contribution is -2.35. The minimum absolute atomic E-state index is 0.390. The molecule has 8 heteroatoms. The van der Waals surface area contributed by atoms with E-state index in [0.717, 1.165) is 17.0 Å². The molecule has 1 fully saturated rings. The van der Waals surface area contributed by atoms with Gasteiger partial charge in [-0.15, -0.1) is 0 Å². The molecule has 126 valence electrons. The van der Waals surface area contributed by atoms with E-state index in [1.807, 2.05) is 38.8 Å². The Morgan fingerprint density at radius 1 is 1.33 bits per heavy atom. The van der Waals surface area contributed by atoms with Gasteiger partial charge in [-0.2, -0.15) is 10.1 Å². The zero-order chi connectivity index (χ0) is 17.1. The molecule has 4 heterocycles. The van der Waals surface area contributed by atoms with Crippen molar-refractivity contribution in [3.05, 3.63) is 29.5 Å². The summed E-state index contributed by atoms with van der Waals surface area (Å²) < 4.78 is 7.29. The van der Waals surface area contributed by atoms with Gasteiger partial charge in [-0.25, -0.2) is 9.50 Å². The highest BCUT2D eigenvalue weighted by molar-refractivity contribution is 5.72. The van der Waals surface area contributed by atoms with Crippen LogP contribution in [0.15, 0.2) is 16.8 Å². The number of nitrogens with zero attached hydrogens (tertiary/aromatic N) is 6. The highest BCUT2D eigenvalue weighted by Crippen LogP contribution is 2.37. The summed E-state index contributed by atoms with van der Waals surface area (Å²) in [5.41, 5.74) is 2.90. The van der Waals surface area contributed by atoms with Crippen LogP contribution in [-0.4, -0.2) is 54.4 Å². The number of β-amino-alcohol motifs (C(OH)–C–C–N with tert-alkyl or cyclic N) is 1. The SMILES string of the molecule is Cc1cc(C)n2ncc(-c3noc(C4(C)CC(O)CN4C)n3)c2n1. The molecule has 1 aliphatic heterocycles. The van der Waals surface area contributed by atoms with E-state index >= 15 is 0 Å². The van der Waals surface area contributed by atoms with Gasteiger partial charge in [-0.3, -0.25) is 4.90 Å². The van der Waals surface area contributed by atoms with E-state index in [0.29, 0.717) is 30.3 Å². The lowest BCUT2D eigenvalue weighted by atomic mass is 9.98. The number of fused-ring (bicyclic) bond motifs is 1. The van der Waals surface area contributed by atoms with E-state index in [1.165, 1.54) is 0 Å². The molecule has 8 nitrogen and oxygen atoms in total. The van der Waals surface area contributed by atoms with Crippen LogP contribution in [0, 0.1) is 13.8 Å². The van der Waals surface area contributed by atoms with Crippen molar-refractivity contribution in [2.75, 3.05) is 13.6 Å². The van der Waals surface area contributed by atoms with Crippen molar-refractivity contribution in [2.24, 2.45) is 0 Å². The monoisotopic (exact) mass is 328 g/mol. The Labute approximate surface area is 139 Å². The van der Waals surface area contributed by atoms with Crippen LogP contribution >= 0.6 is 0 Å². The topological polar surface area (TPSA) is 92.6 Å². The smallest absolute Gasteiger partial charge is 0.247 e. The molecule has 0 radical (unpaired) electrons. The number of hydrogen-bond donors (Lipinski definition) is 1. The van der Waals surface area contributed by atoms with Gasteiger partial charge in [-0.1, -0.05) is 5.16 Å². The first kappa shape index (κ1) is 15.2. The number of aryl methyl sites for hydroxylation is 2. The third-order valence-electron chi connectivity index (χ3n) is 4.87. The average Bonchev–Trinajstić information content (AvgIpc) is 3.17. The fraction of sp³-hybridized carbons (Fsp3) is 0.500. The Morgan fingerprint density at radius 3 is 2.83 bits per heavy atom. The second kappa shape index (κ2) is 5.09. The zero-order valence-electron chi connectivity index (χ0n) is 14.2. The fourth-order valence-electron chi connectivity index (χ4n) is 3.43. The van der Waals surface area contributed by atoms with Gasteiger partial charge in [0.25, 0.3) is 0 Å². The molecular formula is C16H20N6O2. The third kappa shape index (κ3) is 2.14. The first-order valence-corrected chi connectivity index (χ1v) is 7.94. The molecule has 1 N–H and O–H groups in total. The Bertz CT molecular complexity index is 917. The predicted octanol–water partition coefficient (Wildman–Crippen LogP) is 1.31. The lowest BCUT2D eigenvalue weighted by molar-refractivity contribution is 0.143. The summed E-state index contributed by atoms with van der Waals surface area (Å²) in [5, 5.41) is 18.4. The molecule has 0 aromatic carbocycles. The van der Waals surface area contributed by atoms with E-state index in [4.69, 9.17) is 4.52 Å². The maximum atomic E-state index is 9.93. The van der Waals surface area contributed by atoms with Crippen LogP contribution in [0.2, 0.25) is 0 Å². The quantitative estimate of drug-likeness (QED) is 0.758. The van der Waals surface area contributed by atoms with Crippen LogP contribution in [0.4, 0.5) is 0 Å². The van der Waals surface area contributed by atoms with Gasteiger partial charge in [0.15, 0.2) is 5.65 Å².